The van der Waals surface area contributed by atoms with E-state index in [2.05, 4.69) is 19.1 Å². The Balaban J connectivity index is 1.99. The van der Waals surface area contributed by atoms with Crippen molar-refractivity contribution in [3.63, 3.8) is 0 Å². The standard InChI is InChI=1S/C22H38O3/c1-3-5-6-7-8-9-10-14-17-23-19-22(25-4-2)20-24-18-21-15-12-11-13-16-21/h11-13,15-16,22H,3-10,14,17-20H2,1-2H3. The number of ether oxygens (including phenoxy) is 3. The minimum Gasteiger partial charge on any atom is -0.379 e. The molecule has 0 heterocycles. The molecule has 3 heteroatoms. The lowest BCUT2D eigenvalue weighted by Crippen LogP contribution is -2.26. The van der Waals surface area contributed by atoms with E-state index in [1.807, 2.05) is 25.1 Å². The van der Waals surface area contributed by atoms with Crippen LogP contribution in [-0.2, 0) is 20.8 Å². The molecule has 0 N–H and O–H groups in total. The number of benzene rings is 1. The van der Waals surface area contributed by atoms with Crippen LogP contribution in [-0.4, -0.2) is 32.5 Å². The van der Waals surface area contributed by atoms with Gasteiger partial charge in [-0.25, -0.2) is 0 Å². The van der Waals surface area contributed by atoms with Gasteiger partial charge in [0.15, 0.2) is 0 Å². The first-order valence-corrected chi connectivity index (χ1v) is 10.2. The summed E-state index contributed by atoms with van der Waals surface area (Å²) in [6.45, 7) is 7.64. The second kappa shape index (κ2) is 16.6. The average molecular weight is 351 g/mol. The van der Waals surface area contributed by atoms with Crippen LogP contribution in [0.5, 0.6) is 0 Å². The molecule has 1 atom stereocenters. The molecule has 0 aliphatic carbocycles. The monoisotopic (exact) mass is 350 g/mol. The maximum absolute atomic E-state index is 5.79. The Morgan fingerprint density at radius 1 is 0.760 bits per heavy atom. The van der Waals surface area contributed by atoms with Gasteiger partial charge in [0.25, 0.3) is 0 Å². The van der Waals surface area contributed by atoms with E-state index in [-0.39, 0.29) is 6.10 Å². The van der Waals surface area contributed by atoms with Crippen molar-refractivity contribution in [2.24, 2.45) is 0 Å². The third-order valence-corrected chi connectivity index (χ3v) is 4.26. The Bertz CT molecular complexity index is 380. The fourth-order valence-electron chi connectivity index (χ4n) is 2.82. The summed E-state index contributed by atoms with van der Waals surface area (Å²) >= 11 is 0. The maximum Gasteiger partial charge on any atom is 0.104 e. The van der Waals surface area contributed by atoms with Crippen molar-refractivity contribution in [2.75, 3.05) is 26.4 Å². The summed E-state index contributed by atoms with van der Waals surface area (Å²) in [6.07, 6.45) is 10.6. The maximum atomic E-state index is 5.79. The van der Waals surface area contributed by atoms with Crippen LogP contribution in [0.15, 0.2) is 30.3 Å². The fourth-order valence-corrected chi connectivity index (χ4v) is 2.82. The minimum absolute atomic E-state index is 0.0303. The van der Waals surface area contributed by atoms with Crippen molar-refractivity contribution in [2.45, 2.75) is 77.9 Å². The molecule has 0 aromatic heterocycles. The SMILES string of the molecule is CCCCCCCCCCOCC(COCc1ccccc1)OCC. The van der Waals surface area contributed by atoms with Gasteiger partial charge in [-0.3, -0.25) is 0 Å². The van der Waals surface area contributed by atoms with Gasteiger partial charge in [-0.2, -0.15) is 0 Å². The van der Waals surface area contributed by atoms with Crippen LogP contribution in [0.1, 0.15) is 70.8 Å². The van der Waals surface area contributed by atoms with Gasteiger partial charge in [0.2, 0.25) is 0 Å². The van der Waals surface area contributed by atoms with Gasteiger partial charge in [0.1, 0.15) is 6.10 Å². The lowest BCUT2D eigenvalue weighted by molar-refractivity contribution is -0.0601. The van der Waals surface area contributed by atoms with Crippen molar-refractivity contribution >= 4 is 0 Å². The van der Waals surface area contributed by atoms with Crippen molar-refractivity contribution in [3.05, 3.63) is 35.9 Å². The van der Waals surface area contributed by atoms with Gasteiger partial charge in [-0.05, 0) is 18.9 Å². The van der Waals surface area contributed by atoms with Crippen LogP contribution in [0.25, 0.3) is 0 Å². The molecule has 0 amide bonds. The van der Waals surface area contributed by atoms with E-state index in [4.69, 9.17) is 14.2 Å². The van der Waals surface area contributed by atoms with E-state index >= 15 is 0 Å². The highest BCUT2D eigenvalue weighted by molar-refractivity contribution is 5.13. The van der Waals surface area contributed by atoms with E-state index in [0.717, 1.165) is 13.0 Å². The Labute approximate surface area is 155 Å². The molecular formula is C22H38O3. The number of rotatable bonds is 17. The van der Waals surface area contributed by atoms with E-state index in [0.29, 0.717) is 26.4 Å². The largest absolute Gasteiger partial charge is 0.379 e. The molecule has 0 aliphatic heterocycles. The van der Waals surface area contributed by atoms with Crippen molar-refractivity contribution in [1.29, 1.82) is 0 Å². The number of unbranched alkanes of at least 4 members (excludes halogenated alkanes) is 7. The van der Waals surface area contributed by atoms with Crippen LogP contribution >= 0.6 is 0 Å². The van der Waals surface area contributed by atoms with Crippen molar-refractivity contribution < 1.29 is 14.2 Å². The first kappa shape index (κ1) is 22.1. The smallest absolute Gasteiger partial charge is 0.104 e. The molecule has 0 saturated heterocycles. The van der Waals surface area contributed by atoms with Crippen molar-refractivity contribution in [3.8, 4) is 0 Å². The van der Waals surface area contributed by atoms with Crippen molar-refractivity contribution in [1.82, 2.24) is 0 Å². The third-order valence-electron chi connectivity index (χ3n) is 4.26. The number of hydrogen-bond donors (Lipinski definition) is 0. The summed E-state index contributed by atoms with van der Waals surface area (Å²) < 4.78 is 17.3. The summed E-state index contributed by atoms with van der Waals surface area (Å²) in [6, 6.07) is 10.2. The van der Waals surface area contributed by atoms with Gasteiger partial charge >= 0.3 is 0 Å². The molecule has 0 bridgehead atoms. The lowest BCUT2D eigenvalue weighted by atomic mass is 10.1. The zero-order chi connectivity index (χ0) is 18.0. The Morgan fingerprint density at radius 2 is 1.40 bits per heavy atom. The zero-order valence-electron chi connectivity index (χ0n) is 16.4. The molecule has 25 heavy (non-hydrogen) atoms. The molecule has 1 unspecified atom stereocenters. The van der Waals surface area contributed by atoms with Crippen LogP contribution in [0.4, 0.5) is 0 Å². The third kappa shape index (κ3) is 13.0. The second-order valence-electron chi connectivity index (χ2n) is 6.63. The fraction of sp³-hybridized carbons (Fsp3) is 0.727. The molecule has 144 valence electrons. The quantitative estimate of drug-likeness (QED) is 0.334. The molecule has 0 saturated carbocycles. The molecule has 3 nitrogen and oxygen atoms in total. The average Bonchev–Trinajstić information content (AvgIpc) is 2.64. The highest BCUT2D eigenvalue weighted by Gasteiger charge is 2.09. The topological polar surface area (TPSA) is 27.7 Å². The van der Waals surface area contributed by atoms with E-state index in [9.17, 15) is 0 Å². The van der Waals surface area contributed by atoms with Gasteiger partial charge < -0.3 is 14.2 Å². The normalized spacial score (nSPS) is 12.4. The van der Waals surface area contributed by atoms with E-state index < -0.39 is 0 Å². The van der Waals surface area contributed by atoms with Crippen LogP contribution < -0.4 is 0 Å². The summed E-state index contributed by atoms with van der Waals surface area (Å²) in [4.78, 5) is 0. The highest BCUT2D eigenvalue weighted by Crippen LogP contribution is 2.08. The predicted molar refractivity (Wildman–Crippen MR) is 105 cm³/mol. The van der Waals surface area contributed by atoms with Gasteiger partial charge in [-0.15, -0.1) is 0 Å². The first-order chi connectivity index (χ1) is 12.4. The molecule has 0 aliphatic rings. The summed E-state index contributed by atoms with van der Waals surface area (Å²) in [5.41, 5.74) is 1.19. The summed E-state index contributed by atoms with van der Waals surface area (Å²) in [7, 11) is 0. The lowest BCUT2D eigenvalue weighted by Gasteiger charge is -2.17. The van der Waals surface area contributed by atoms with E-state index in [1.54, 1.807) is 0 Å². The van der Waals surface area contributed by atoms with Gasteiger partial charge in [0, 0.05) is 13.2 Å². The molecule has 1 aromatic carbocycles. The zero-order valence-corrected chi connectivity index (χ0v) is 16.4. The van der Waals surface area contributed by atoms with Gasteiger partial charge in [0.05, 0.1) is 19.8 Å². The Kier molecular flexibility index (Phi) is 14.7. The van der Waals surface area contributed by atoms with Crippen LogP contribution in [0.3, 0.4) is 0 Å². The second-order valence-corrected chi connectivity index (χ2v) is 6.63. The predicted octanol–water partition coefficient (Wildman–Crippen LogP) is 5.77. The molecule has 0 fully saturated rings. The summed E-state index contributed by atoms with van der Waals surface area (Å²) in [5.74, 6) is 0. The highest BCUT2D eigenvalue weighted by atomic mass is 16.6. The Morgan fingerprint density at radius 3 is 2.08 bits per heavy atom. The van der Waals surface area contributed by atoms with Crippen LogP contribution in [0, 0.1) is 0 Å². The molecule has 0 spiro atoms. The number of hydrogen-bond acceptors (Lipinski definition) is 3. The molecular weight excluding hydrogens is 312 g/mol. The summed E-state index contributed by atoms with van der Waals surface area (Å²) in [5, 5.41) is 0. The van der Waals surface area contributed by atoms with Crippen LogP contribution in [0.2, 0.25) is 0 Å². The molecule has 1 aromatic rings. The van der Waals surface area contributed by atoms with Gasteiger partial charge in [-0.1, -0.05) is 82.2 Å². The Hall–Kier alpha value is -0.900. The van der Waals surface area contributed by atoms with E-state index in [1.165, 1.54) is 50.5 Å². The first-order valence-electron chi connectivity index (χ1n) is 10.2. The molecule has 0 radical (unpaired) electrons. The molecule has 1 rings (SSSR count). The minimum atomic E-state index is 0.0303.